The molecule has 2 atom stereocenters. The smallest absolute Gasteiger partial charge is 0.303 e. The van der Waals surface area contributed by atoms with Crippen molar-refractivity contribution < 1.29 is 9.90 Å². The molecular formula is C14H22O2. The van der Waals surface area contributed by atoms with Gasteiger partial charge in [0.1, 0.15) is 0 Å². The zero-order valence-corrected chi connectivity index (χ0v) is 10.3. The van der Waals surface area contributed by atoms with E-state index in [1.165, 1.54) is 12.0 Å². The van der Waals surface area contributed by atoms with E-state index in [9.17, 15) is 4.79 Å². The van der Waals surface area contributed by atoms with Gasteiger partial charge in [-0.3, -0.25) is 4.79 Å². The lowest BCUT2D eigenvalue weighted by Crippen LogP contribution is -2.20. The minimum absolute atomic E-state index is 0.196. The Labute approximate surface area is 98.1 Å². The highest BCUT2D eigenvalue weighted by Gasteiger charge is 2.26. The molecule has 1 unspecified atom stereocenters. The Morgan fingerprint density at radius 2 is 2.06 bits per heavy atom. The van der Waals surface area contributed by atoms with Gasteiger partial charge in [-0.05, 0) is 44.9 Å². The lowest BCUT2D eigenvalue weighted by molar-refractivity contribution is -0.138. The van der Waals surface area contributed by atoms with Gasteiger partial charge in [0, 0.05) is 0 Å². The first-order valence-electron chi connectivity index (χ1n) is 6.04. The topological polar surface area (TPSA) is 37.3 Å². The second kappa shape index (κ2) is 5.88. The van der Waals surface area contributed by atoms with Gasteiger partial charge < -0.3 is 5.11 Å². The molecule has 2 heteroatoms. The van der Waals surface area contributed by atoms with E-state index in [4.69, 9.17) is 5.11 Å². The number of carboxylic acid groups (broad SMARTS) is 1. The van der Waals surface area contributed by atoms with Crippen LogP contribution < -0.4 is 0 Å². The average molecular weight is 222 g/mol. The van der Waals surface area contributed by atoms with Crippen LogP contribution in [0.2, 0.25) is 0 Å². The molecule has 0 aromatic rings. The fourth-order valence-electron chi connectivity index (χ4n) is 2.41. The van der Waals surface area contributed by atoms with Crippen LogP contribution in [0.5, 0.6) is 0 Å². The monoisotopic (exact) mass is 222 g/mol. The van der Waals surface area contributed by atoms with Gasteiger partial charge in [0.05, 0.1) is 6.42 Å². The maximum absolute atomic E-state index is 10.7. The number of hydrogen-bond acceptors (Lipinski definition) is 1. The highest BCUT2D eigenvalue weighted by Crippen LogP contribution is 2.37. The molecule has 2 nitrogen and oxygen atoms in total. The van der Waals surface area contributed by atoms with Crippen LogP contribution >= 0.6 is 0 Å². The van der Waals surface area contributed by atoms with Crippen LogP contribution in [-0.2, 0) is 4.79 Å². The number of hydrogen-bond donors (Lipinski definition) is 1. The Hall–Kier alpha value is -1.05. The summed E-state index contributed by atoms with van der Waals surface area (Å²) in [6, 6.07) is 0. The third-order valence-corrected chi connectivity index (χ3v) is 3.39. The van der Waals surface area contributed by atoms with Crippen molar-refractivity contribution in [1.82, 2.24) is 0 Å². The maximum Gasteiger partial charge on any atom is 0.303 e. The van der Waals surface area contributed by atoms with Crippen molar-refractivity contribution in [1.29, 1.82) is 0 Å². The van der Waals surface area contributed by atoms with Gasteiger partial charge in [-0.25, -0.2) is 0 Å². The second-order valence-electron chi connectivity index (χ2n) is 5.01. The average Bonchev–Trinajstić information content (AvgIpc) is 2.18. The molecule has 0 spiro atoms. The molecule has 1 fully saturated rings. The summed E-state index contributed by atoms with van der Waals surface area (Å²) < 4.78 is 0. The molecule has 1 N–H and O–H groups in total. The van der Waals surface area contributed by atoms with Gasteiger partial charge in [-0.2, -0.15) is 0 Å². The quantitative estimate of drug-likeness (QED) is 0.735. The molecule has 0 heterocycles. The zero-order valence-electron chi connectivity index (χ0n) is 10.3. The second-order valence-corrected chi connectivity index (χ2v) is 5.01. The van der Waals surface area contributed by atoms with E-state index in [0.717, 1.165) is 24.8 Å². The lowest BCUT2D eigenvalue weighted by atomic mass is 9.74. The number of carbonyl (C=O) groups is 1. The molecule has 1 saturated carbocycles. The van der Waals surface area contributed by atoms with Gasteiger partial charge in [-0.15, -0.1) is 0 Å². The molecule has 1 aliphatic rings. The standard InChI is InChI=1S/C14H22O2/c1-10(2)7-8-12-5-4-6-13(11(12)3)9-14(15)16/h7,12-13H,3-6,8-9H2,1-2H3,(H,15,16)/t12?,13-/m0/s1. The van der Waals surface area contributed by atoms with E-state index in [1.54, 1.807) is 0 Å². The minimum atomic E-state index is -0.700. The molecular weight excluding hydrogens is 200 g/mol. The number of carboxylic acids is 1. The Kier molecular flexibility index (Phi) is 4.78. The summed E-state index contributed by atoms with van der Waals surface area (Å²) in [5.41, 5.74) is 2.49. The van der Waals surface area contributed by atoms with Gasteiger partial charge in [0.2, 0.25) is 0 Å². The number of rotatable bonds is 4. The number of aliphatic carboxylic acids is 1. The summed E-state index contributed by atoms with van der Waals surface area (Å²) in [6.45, 7) is 8.31. The summed E-state index contributed by atoms with van der Waals surface area (Å²) in [6.07, 6.45) is 6.81. The van der Waals surface area contributed by atoms with Crippen molar-refractivity contribution in [3.05, 3.63) is 23.8 Å². The molecule has 0 bridgehead atoms. The third-order valence-electron chi connectivity index (χ3n) is 3.39. The number of allylic oxidation sites excluding steroid dienone is 3. The fraction of sp³-hybridized carbons (Fsp3) is 0.643. The van der Waals surface area contributed by atoms with Gasteiger partial charge >= 0.3 is 5.97 Å². The third kappa shape index (κ3) is 3.84. The zero-order chi connectivity index (χ0) is 12.1. The van der Waals surface area contributed by atoms with E-state index >= 15 is 0 Å². The Morgan fingerprint density at radius 3 is 2.62 bits per heavy atom. The molecule has 0 radical (unpaired) electrons. The first-order chi connectivity index (χ1) is 7.50. The first-order valence-corrected chi connectivity index (χ1v) is 6.04. The lowest BCUT2D eigenvalue weighted by Gasteiger charge is -2.30. The van der Waals surface area contributed by atoms with Crippen molar-refractivity contribution in [2.75, 3.05) is 0 Å². The fourth-order valence-corrected chi connectivity index (χ4v) is 2.41. The van der Waals surface area contributed by atoms with Crippen LogP contribution in [-0.4, -0.2) is 11.1 Å². The molecule has 0 saturated heterocycles. The highest BCUT2D eigenvalue weighted by atomic mass is 16.4. The van der Waals surface area contributed by atoms with Crippen LogP contribution in [0.15, 0.2) is 23.8 Å². The molecule has 1 rings (SSSR count). The van der Waals surface area contributed by atoms with Crippen LogP contribution in [0.3, 0.4) is 0 Å². The summed E-state index contributed by atoms with van der Waals surface area (Å²) in [7, 11) is 0. The molecule has 0 aromatic carbocycles. The van der Waals surface area contributed by atoms with E-state index in [0.29, 0.717) is 5.92 Å². The first kappa shape index (κ1) is 13.0. The normalized spacial score (nSPS) is 25.2. The molecule has 16 heavy (non-hydrogen) atoms. The van der Waals surface area contributed by atoms with Crippen molar-refractivity contribution in [2.45, 2.75) is 46.0 Å². The summed E-state index contributed by atoms with van der Waals surface area (Å²) >= 11 is 0. The van der Waals surface area contributed by atoms with E-state index in [2.05, 4.69) is 26.5 Å². The van der Waals surface area contributed by atoms with E-state index in [1.807, 2.05) is 0 Å². The maximum atomic E-state index is 10.7. The van der Waals surface area contributed by atoms with E-state index in [-0.39, 0.29) is 12.3 Å². The van der Waals surface area contributed by atoms with Gasteiger partial charge in [0.25, 0.3) is 0 Å². The Balaban J connectivity index is 2.57. The minimum Gasteiger partial charge on any atom is -0.481 e. The molecule has 90 valence electrons. The van der Waals surface area contributed by atoms with Gasteiger partial charge in [0.15, 0.2) is 0 Å². The molecule has 0 amide bonds. The van der Waals surface area contributed by atoms with Crippen molar-refractivity contribution in [2.24, 2.45) is 11.8 Å². The molecule has 0 aromatic heterocycles. The largest absolute Gasteiger partial charge is 0.481 e. The SMILES string of the molecule is C=C1C(CC=C(C)C)CCC[C@H]1CC(=O)O. The highest BCUT2D eigenvalue weighted by molar-refractivity contribution is 5.67. The van der Waals surface area contributed by atoms with Crippen LogP contribution in [0.25, 0.3) is 0 Å². The Bertz CT molecular complexity index is 298. The predicted molar refractivity (Wildman–Crippen MR) is 66.3 cm³/mol. The predicted octanol–water partition coefficient (Wildman–Crippen LogP) is 3.79. The van der Waals surface area contributed by atoms with Crippen molar-refractivity contribution in [3.63, 3.8) is 0 Å². The summed E-state index contributed by atoms with van der Waals surface area (Å²) in [4.78, 5) is 10.7. The van der Waals surface area contributed by atoms with Gasteiger partial charge in [-0.1, -0.05) is 30.2 Å². The Morgan fingerprint density at radius 1 is 1.44 bits per heavy atom. The molecule has 0 aliphatic heterocycles. The summed E-state index contributed by atoms with van der Waals surface area (Å²) in [5.74, 6) is -0.0103. The van der Waals surface area contributed by atoms with Crippen molar-refractivity contribution in [3.8, 4) is 0 Å². The van der Waals surface area contributed by atoms with E-state index < -0.39 is 5.97 Å². The summed E-state index contributed by atoms with van der Waals surface area (Å²) in [5, 5.41) is 8.83. The van der Waals surface area contributed by atoms with Crippen molar-refractivity contribution >= 4 is 5.97 Å². The van der Waals surface area contributed by atoms with Crippen LogP contribution in [0.4, 0.5) is 0 Å². The molecule has 1 aliphatic carbocycles. The van der Waals surface area contributed by atoms with Crippen LogP contribution in [0, 0.1) is 11.8 Å². The van der Waals surface area contributed by atoms with Crippen LogP contribution in [0.1, 0.15) is 46.0 Å².